The van der Waals surface area contributed by atoms with Crippen molar-refractivity contribution >= 4 is 0 Å². The Morgan fingerprint density at radius 2 is 0.886 bits per heavy atom. The lowest BCUT2D eigenvalue weighted by Crippen LogP contribution is -2.18. The number of hydrogen-bond donors (Lipinski definition) is 0. The monoisotopic (exact) mass is 924 g/mol. The number of nitrogens with zero attached hydrogens (tertiary/aromatic N) is 12. The van der Waals surface area contributed by atoms with E-state index in [-0.39, 0.29) is 11.8 Å². The lowest BCUT2D eigenvalue weighted by molar-refractivity contribution is 0.396. The summed E-state index contributed by atoms with van der Waals surface area (Å²) in [4.78, 5) is 28.1. The predicted molar refractivity (Wildman–Crippen MR) is 269 cm³/mol. The zero-order chi connectivity index (χ0) is 47.6. The number of hydrogen-bond acceptors (Lipinski definition) is 10. The van der Waals surface area contributed by atoms with Gasteiger partial charge in [0.1, 0.15) is 34.4 Å². The van der Waals surface area contributed by atoms with Gasteiger partial charge in [-0.3, -0.25) is 0 Å². The molecule has 2 aliphatic rings. The first-order valence-electron chi connectivity index (χ1n) is 23.7. The normalized spacial score (nSPS) is 15.1. The summed E-state index contributed by atoms with van der Waals surface area (Å²) < 4.78 is 19.1. The number of pyridine rings is 2. The van der Waals surface area contributed by atoms with Crippen LogP contribution in [-0.2, 0) is 13.1 Å². The first-order valence-corrected chi connectivity index (χ1v) is 23.7. The van der Waals surface area contributed by atoms with Gasteiger partial charge < -0.3 is 18.6 Å². The molecule has 12 rings (SSSR count). The molecule has 8 heterocycles. The molecule has 2 aliphatic heterocycles. The fraction of sp³-hybridized carbons (Fsp3) is 0.214. The number of aryl methyl sites for hydroxylation is 4. The van der Waals surface area contributed by atoms with Crippen molar-refractivity contribution in [2.45, 2.75) is 64.5 Å². The van der Waals surface area contributed by atoms with Crippen molar-refractivity contribution in [2.75, 3.05) is 14.2 Å². The van der Waals surface area contributed by atoms with E-state index in [1.807, 2.05) is 69.0 Å². The van der Waals surface area contributed by atoms with Gasteiger partial charge in [0.2, 0.25) is 11.8 Å². The van der Waals surface area contributed by atoms with Gasteiger partial charge in [0, 0.05) is 37.3 Å². The molecule has 4 aromatic carbocycles. The van der Waals surface area contributed by atoms with Gasteiger partial charge in [-0.05, 0) is 97.2 Å². The fourth-order valence-corrected chi connectivity index (χ4v) is 9.79. The average molecular weight is 925 g/mol. The van der Waals surface area contributed by atoms with Crippen LogP contribution in [-0.4, -0.2) is 72.8 Å². The van der Waals surface area contributed by atoms with Crippen LogP contribution in [0.1, 0.15) is 71.7 Å². The zero-order valence-electron chi connectivity index (χ0n) is 39.6. The maximum atomic E-state index is 5.61. The minimum Gasteiger partial charge on any atom is -0.479 e. The van der Waals surface area contributed by atoms with Crippen molar-refractivity contribution in [1.29, 1.82) is 0 Å². The number of fused-ring (bicyclic) bond motifs is 2. The van der Waals surface area contributed by atoms with Crippen LogP contribution in [0.4, 0.5) is 0 Å². The first kappa shape index (κ1) is 44.0. The molecule has 14 heteroatoms. The van der Waals surface area contributed by atoms with Gasteiger partial charge in [-0.1, -0.05) is 109 Å². The molecule has 6 aromatic heterocycles. The van der Waals surface area contributed by atoms with E-state index in [2.05, 4.69) is 119 Å². The molecule has 0 saturated carbocycles. The minimum atomic E-state index is 0.177. The molecule has 2 atom stereocenters. The molecule has 0 fully saturated rings. The second kappa shape index (κ2) is 19.2. The van der Waals surface area contributed by atoms with E-state index in [0.29, 0.717) is 34.8 Å². The van der Waals surface area contributed by atoms with E-state index in [1.165, 1.54) is 33.4 Å². The highest BCUT2D eigenvalue weighted by molar-refractivity contribution is 5.70. The Morgan fingerprint density at radius 1 is 0.471 bits per heavy atom. The summed E-state index contributed by atoms with van der Waals surface area (Å²) in [5.74, 6) is 4.60. The Balaban J connectivity index is 0.000000152. The third-order valence-corrected chi connectivity index (χ3v) is 13.1. The second-order valence-corrected chi connectivity index (χ2v) is 17.6. The predicted octanol–water partition coefficient (Wildman–Crippen LogP) is 10.9. The number of ether oxygens (including phenoxy) is 2. The van der Waals surface area contributed by atoms with E-state index >= 15 is 0 Å². The maximum absolute atomic E-state index is 5.61. The van der Waals surface area contributed by atoms with Crippen molar-refractivity contribution in [3.8, 4) is 68.4 Å². The summed E-state index contributed by atoms with van der Waals surface area (Å²) in [5, 5.41) is 9.70. The summed E-state index contributed by atoms with van der Waals surface area (Å²) in [6, 6.07) is 46.2. The molecule has 0 unspecified atom stereocenters. The molecule has 10 aromatic rings. The van der Waals surface area contributed by atoms with E-state index in [9.17, 15) is 0 Å². The standard InChI is InChI=1S/2C28H26N6O/c2*1-19-17-33(18-29-19)25-15-14-24(30-28(25)35-2)26-31-27-23(13-8-16-34(27)32-26)22-12-7-6-11-21(22)20-9-4-3-5-10-20/h2*3-7,9-12,14-15,17-18,23H,8,13,16H2,1-2H3/t2*23-/m10/s1. The lowest BCUT2D eigenvalue weighted by atomic mass is 9.86. The minimum absolute atomic E-state index is 0.177. The van der Waals surface area contributed by atoms with E-state index in [4.69, 9.17) is 39.6 Å². The molecular weight excluding hydrogens is 873 g/mol. The second-order valence-electron chi connectivity index (χ2n) is 17.6. The fourth-order valence-electron chi connectivity index (χ4n) is 9.79. The van der Waals surface area contributed by atoms with Gasteiger partial charge in [-0.2, -0.15) is 0 Å². The first-order chi connectivity index (χ1) is 34.4. The Kier molecular flexibility index (Phi) is 12.1. The number of rotatable bonds is 10. The molecule has 0 saturated heterocycles. The van der Waals surface area contributed by atoms with Crippen LogP contribution >= 0.6 is 0 Å². The molecule has 0 bridgehead atoms. The summed E-state index contributed by atoms with van der Waals surface area (Å²) in [5.41, 5.74) is 12.4. The highest BCUT2D eigenvalue weighted by Crippen LogP contribution is 2.40. The van der Waals surface area contributed by atoms with E-state index in [0.717, 1.165) is 73.2 Å². The average Bonchev–Trinajstić information content (AvgIpc) is 4.26. The Bertz CT molecular complexity index is 3200. The van der Waals surface area contributed by atoms with Crippen LogP contribution in [0.25, 0.3) is 56.7 Å². The topological polar surface area (TPSA) is 141 Å². The third-order valence-electron chi connectivity index (χ3n) is 13.1. The van der Waals surface area contributed by atoms with Crippen molar-refractivity contribution in [2.24, 2.45) is 0 Å². The van der Waals surface area contributed by atoms with Gasteiger partial charge in [0.15, 0.2) is 11.6 Å². The summed E-state index contributed by atoms with van der Waals surface area (Å²) in [6.45, 7) is 5.62. The molecule has 14 nitrogen and oxygen atoms in total. The van der Waals surface area contributed by atoms with Crippen molar-refractivity contribution < 1.29 is 9.47 Å². The molecule has 0 aliphatic carbocycles. The van der Waals surface area contributed by atoms with Gasteiger partial charge in [-0.25, -0.2) is 39.3 Å². The number of benzene rings is 4. The Hall–Kier alpha value is -8.52. The Morgan fingerprint density at radius 3 is 1.29 bits per heavy atom. The molecule has 0 N–H and O–H groups in total. The third kappa shape index (κ3) is 8.64. The van der Waals surface area contributed by atoms with Crippen LogP contribution in [0.3, 0.4) is 0 Å². The van der Waals surface area contributed by atoms with Gasteiger partial charge in [-0.15, -0.1) is 10.2 Å². The maximum Gasteiger partial charge on any atom is 0.238 e. The highest BCUT2D eigenvalue weighted by atomic mass is 16.5. The van der Waals surface area contributed by atoms with E-state index in [1.54, 1.807) is 26.9 Å². The number of methoxy groups -OCH3 is 2. The summed E-state index contributed by atoms with van der Waals surface area (Å²) >= 11 is 0. The largest absolute Gasteiger partial charge is 0.479 e. The number of imidazole rings is 2. The van der Waals surface area contributed by atoms with Crippen LogP contribution < -0.4 is 9.47 Å². The highest BCUT2D eigenvalue weighted by Gasteiger charge is 2.30. The van der Waals surface area contributed by atoms with Crippen LogP contribution in [0.5, 0.6) is 11.8 Å². The van der Waals surface area contributed by atoms with Gasteiger partial charge in [0.05, 0.1) is 38.3 Å². The molecule has 348 valence electrons. The Labute approximate surface area is 406 Å². The summed E-state index contributed by atoms with van der Waals surface area (Å²) in [6.07, 6.45) is 11.6. The SMILES string of the molecule is COc1nc(-c2nc3n(n2)CCC[C@@H]3c2ccccc2-c2ccccc2)ccc1-n1cnc(C)c1.COc1nc(-c2nc3n(n2)CCC[C@H]3c2ccccc2-c2ccccc2)ccc1-n1cnc(C)c1. The van der Waals surface area contributed by atoms with Crippen LogP contribution in [0, 0.1) is 13.8 Å². The molecule has 0 spiro atoms. The van der Waals surface area contributed by atoms with Gasteiger partial charge in [0.25, 0.3) is 0 Å². The smallest absolute Gasteiger partial charge is 0.238 e. The molecular formula is C56H52N12O2. The summed E-state index contributed by atoms with van der Waals surface area (Å²) in [7, 11) is 3.25. The van der Waals surface area contributed by atoms with Crippen molar-refractivity contribution in [1.82, 2.24) is 58.6 Å². The zero-order valence-corrected chi connectivity index (χ0v) is 39.6. The van der Waals surface area contributed by atoms with Crippen LogP contribution in [0.2, 0.25) is 0 Å². The van der Waals surface area contributed by atoms with Crippen molar-refractivity contribution in [3.63, 3.8) is 0 Å². The lowest BCUT2D eigenvalue weighted by Gasteiger charge is -2.24. The molecule has 70 heavy (non-hydrogen) atoms. The van der Waals surface area contributed by atoms with Crippen molar-refractivity contribution in [3.05, 3.63) is 193 Å². The molecule has 0 amide bonds. The quantitative estimate of drug-likeness (QED) is 0.130. The molecule has 0 radical (unpaired) electrons. The van der Waals surface area contributed by atoms with Gasteiger partial charge >= 0.3 is 0 Å². The number of aromatic nitrogens is 12. The van der Waals surface area contributed by atoms with E-state index < -0.39 is 0 Å². The van der Waals surface area contributed by atoms with Crippen LogP contribution in [0.15, 0.2) is 159 Å².